The van der Waals surface area contributed by atoms with Gasteiger partial charge in [0, 0.05) is 13.1 Å². The van der Waals surface area contributed by atoms with E-state index in [0.29, 0.717) is 19.5 Å². The Morgan fingerprint density at radius 3 is 2.05 bits per heavy atom. The number of ether oxygens (including phenoxy) is 1. The minimum Gasteiger partial charge on any atom is -0.444 e. The molecule has 3 amide bonds. The molecule has 0 bridgehead atoms. The molecule has 3 unspecified atom stereocenters. The van der Waals surface area contributed by atoms with Crippen LogP contribution in [-0.2, 0) is 14.3 Å². The van der Waals surface area contributed by atoms with Crippen molar-refractivity contribution in [3.8, 4) is 0 Å². The van der Waals surface area contributed by atoms with Crippen LogP contribution < -0.4 is 10.6 Å². The molecule has 0 saturated carbocycles. The van der Waals surface area contributed by atoms with Crippen LogP contribution in [0.2, 0.25) is 0 Å². The summed E-state index contributed by atoms with van der Waals surface area (Å²) in [5.41, 5.74) is 2.09. The van der Waals surface area contributed by atoms with Crippen LogP contribution in [0.5, 0.6) is 0 Å². The number of hydrogen-bond donors (Lipinski definition) is 2. The standard InChI is InChI=1S/C31H53N3O4/c1-10-13-15-20-32-28(35)27(25-23(5)18-17-19-24(25)6)34(21-16-14-11-2)29(36)26(22(4)12-3)33-30(37)38-31(7,8)9/h17-19,22,26-27H,10-16,20-21H2,1-9H3,(H,32,35)(H,33,37). The van der Waals surface area contributed by atoms with Crippen molar-refractivity contribution < 1.29 is 19.1 Å². The van der Waals surface area contributed by atoms with Crippen LogP contribution in [0.15, 0.2) is 18.2 Å². The molecule has 1 aromatic rings. The lowest BCUT2D eigenvalue weighted by Crippen LogP contribution is -2.55. The first-order chi connectivity index (χ1) is 17.9. The highest BCUT2D eigenvalue weighted by Crippen LogP contribution is 2.30. The number of benzene rings is 1. The zero-order valence-corrected chi connectivity index (χ0v) is 25.4. The molecule has 2 N–H and O–H groups in total. The van der Waals surface area contributed by atoms with Gasteiger partial charge in [-0.1, -0.05) is 78.0 Å². The predicted octanol–water partition coefficient (Wildman–Crippen LogP) is 6.61. The lowest BCUT2D eigenvalue weighted by Gasteiger charge is -2.37. The fraction of sp³-hybridized carbons (Fsp3) is 0.710. The zero-order valence-electron chi connectivity index (χ0n) is 25.4. The molecule has 0 aliphatic rings. The van der Waals surface area contributed by atoms with Gasteiger partial charge in [0.05, 0.1) is 0 Å². The van der Waals surface area contributed by atoms with E-state index in [9.17, 15) is 14.4 Å². The fourth-order valence-electron chi connectivity index (χ4n) is 4.57. The first-order valence-electron chi connectivity index (χ1n) is 14.5. The number of amides is 3. The summed E-state index contributed by atoms with van der Waals surface area (Å²) in [6, 6.07) is 4.35. The summed E-state index contributed by atoms with van der Waals surface area (Å²) >= 11 is 0. The van der Waals surface area contributed by atoms with Crippen molar-refractivity contribution in [2.75, 3.05) is 13.1 Å². The SMILES string of the molecule is CCCCCNC(=O)C(c1c(C)cccc1C)N(CCCCC)C(=O)C(NC(=O)OC(C)(C)C)C(C)CC. The second-order valence-corrected chi connectivity index (χ2v) is 11.5. The number of rotatable bonds is 15. The predicted molar refractivity (Wildman–Crippen MR) is 155 cm³/mol. The second-order valence-electron chi connectivity index (χ2n) is 11.5. The van der Waals surface area contributed by atoms with Gasteiger partial charge in [-0.15, -0.1) is 0 Å². The lowest BCUT2D eigenvalue weighted by atomic mass is 9.91. The van der Waals surface area contributed by atoms with Gasteiger partial charge in [-0.25, -0.2) is 4.79 Å². The summed E-state index contributed by atoms with van der Waals surface area (Å²) in [5.74, 6) is -0.573. The van der Waals surface area contributed by atoms with E-state index in [1.807, 2.05) is 45.9 Å². The van der Waals surface area contributed by atoms with Crippen molar-refractivity contribution in [2.45, 2.75) is 125 Å². The topological polar surface area (TPSA) is 87.7 Å². The van der Waals surface area contributed by atoms with Gasteiger partial charge in [0.1, 0.15) is 17.7 Å². The summed E-state index contributed by atoms with van der Waals surface area (Å²) in [6.45, 7) is 18.5. The second kappa shape index (κ2) is 16.4. The van der Waals surface area contributed by atoms with Crippen LogP contribution in [0, 0.1) is 19.8 Å². The largest absolute Gasteiger partial charge is 0.444 e. The van der Waals surface area contributed by atoms with Crippen LogP contribution >= 0.6 is 0 Å². The average Bonchev–Trinajstić information content (AvgIpc) is 2.84. The van der Waals surface area contributed by atoms with Crippen molar-refractivity contribution in [1.82, 2.24) is 15.5 Å². The Morgan fingerprint density at radius 2 is 1.53 bits per heavy atom. The van der Waals surface area contributed by atoms with E-state index in [-0.39, 0.29) is 17.7 Å². The maximum atomic E-state index is 14.3. The third-order valence-electron chi connectivity index (χ3n) is 6.89. The van der Waals surface area contributed by atoms with Crippen LogP contribution in [0.1, 0.15) is 116 Å². The van der Waals surface area contributed by atoms with E-state index in [0.717, 1.165) is 55.2 Å². The van der Waals surface area contributed by atoms with Crippen molar-refractivity contribution in [3.63, 3.8) is 0 Å². The van der Waals surface area contributed by atoms with Crippen molar-refractivity contribution in [3.05, 3.63) is 34.9 Å². The highest BCUT2D eigenvalue weighted by Gasteiger charge is 2.38. The molecule has 3 atom stereocenters. The molecule has 0 saturated heterocycles. The van der Waals surface area contributed by atoms with Crippen molar-refractivity contribution in [2.24, 2.45) is 5.92 Å². The summed E-state index contributed by atoms with van der Waals surface area (Å²) in [6.07, 6.45) is 5.74. The number of nitrogens with zero attached hydrogens (tertiary/aromatic N) is 1. The Bertz CT molecular complexity index is 873. The van der Waals surface area contributed by atoms with Crippen LogP contribution in [-0.4, -0.2) is 47.5 Å². The number of unbranched alkanes of at least 4 members (excludes halogenated alkanes) is 4. The number of carbonyl (C=O) groups is 3. The first-order valence-corrected chi connectivity index (χ1v) is 14.5. The zero-order chi connectivity index (χ0) is 28.9. The Balaban J connectivity index is 3.55. The van der Waals surface area contributed by atoms with E-state index >= 15 is 0 Å². The van der Waals surface area contributed by atoms with Gasteiger partial charge in [0.15, 0.2) is 0 Å². The molecule has 38 heavy (non-hydrogen) atoms. The third kappa shape index (κ3) is 10.7. The molecule has 0 aliphatic carbocycles. The molecule has 7 heteroatoms. The highest BCUT2D eigenvalue weighted by atomic mass is 16.6. The monoisotopic (exact) mass is 531 g/mol. The van der Waals surface area contributed by atoms with E-state index in [4.69, 9.17) is 4.74 Å². The lowest BCUT2D eigenvalue weighted by molar-refractivity contribution is -0.143. The quantitative estimate of drug-likeness (QED) is 0.249. The number of carbonyl (C=O) groups excluding carboxylic acids is 3. The molecule has 0 radical (unpaired) electrons. The van der Waals surface area contributed by atoms with Gasteiger partial charge < -0.3 is 20.3 Å². The van der Waals surface area contributed by atoms with E-state index in [1.54, 1.807) is 25.7 Å². The molecule has 1 rings (SSSR count). The fourth-order valence-corrected chi connectivity index (χ4v) is 4.57. The number of aryl methyl sites for hydroxylation is 2. The first kappa shape index (κ1) is 33.5. The molecule has 0 aromatic heterocycles. The highest BCUT2D eigenvalue weighted by molar-refractivity contribution is 5.92. The normalized spacial score (nSPS) is 13.8. The Labute approximate surface area is 231 Å². The molecule has 0 spiro atoms. The van der Waals surface area contributed by atoms with Gasteiger partial charge in [-0.2, -0.15) is 0 Å². The van der Waals surface area contributed by atoms with Gasteiger partial charge in [0.25, 0.3) is 0 Å². The van der Waals surface area contributed by atoms with Gasteiger partial charge in [0.2, 0.25) is 11.8 Å². The van der Waals surface area contributed by atoms with E-state index < -0.39 is 23.8 Å². The number of alkyl carbamates (subject to hydrolysis) is 1. The van der Waals surface area contributed by atoms with Crippen LogP contribution in [0.3, 0.4) is 0 Å². The Morgan fingerprint density at radius 1 is 0.947 bits per heavy atom. The van der Waals surface area contributed by atoms with Gasteiger partial charge in [-0.05, 0) is 70.1 Å². The van der Waals surface area contributed by atoms with Crippen LogP contribution in [0.25, 0.3) is 0 Å². The smallest absolute Gasteiger partial charge is 0.408 e. The molecular formula is C31H53N3O4. The molecule has 0 fully saturated rings. The van der Waals surface area contributed by atoms with E-state index in [1.165, 1.54) is 0 Å². The average molecular weight is 532 g/mol. The van der Waals surface area contributed by atoms with Crippen molar-refractivity contribution >= 4 is 17.9 Å². The Hall–Kier alpha value is -2.57. The Kier molecular flexibility index (Phi) is 14.4. The number of hydrogen-bond acceptors (Lipinski definition) is 4. The molecule has 216 valence electrons. The molecule has 7 nitrogen and oxygen atoms in total. The molecule has 0 aliphatic heterocycles. The third-order valence-corrected chi connectivity index (χ3v) is 6.89. The van der Waals surface area contributed by atoms with Crippen LogP contribution in [0.4, 0.5) is 4.79 Å². The minimum absolute atomic E-state index is 0.144. The number of nitrogens with one attached hydrogen (secondary N) is 2. The molecular weight excluding hydrogens is 478 g/mol. The summed E-state index contributed by atoms with van der Waals surface area (Å²) in [7, 11) is 0. The van der Waals surface area contributed by atoms with Gasteiger partial charge >= 0.3 is 6.09 Å². The maximum absolute atomic E-state index is 14.3. The molecule has 0 heterocycles. The minimum atomic E-state index is -0.809. The van der Waals surface area contributed by atoms with Gasteiger partial charge in [-0.3, -0.25) is 9.59 Å². The van der Waals surface area contributed by atoms with E-state index in [2.05, 4.69) is 24.5 Å². The summed E-state index contributed by atoms with van der Waals surface area (Å²) < 4.78 is 5.50. The molecule has 1 aromatic carbocycles. The van der Waals surface area contributed by atoms with Crippen molar-refractivity contribution in [1.29, 1.82) is 0 Å². The summed E-state index contributed by atoms with van der Waals surface area (Å²) in [5, 5.41) is 5.95. The summed E-state index contributed by atoms with van der Waals surface area (Å²) in [4.78, 5) is 42.7. The maximum Gasteiger partial charge on any atom is 0.408 e.